The second-order valence-corrected chi connectivity index (χ2v) is 6.13. The third kappa shape index (κ3) is 3.33. The molecule has 1 saturated heterocycles. The molecule has 0 aromatic heterocycles. The molecule has 0 bridgehead atoms. The Kier molecular flexibility index (Phi) is 5.42. The highest BCUT2D eigenvalue weighted by molar-refractivity contribution is 6.31. The molecular formula is C15H23Cl2N3. The van der Waals surface area contributed by atoms with Gasteiger partial charge >= 0.3 is 0 Å². The lowest BCUT2D eigenvalue weighted by molar-refractivity contribution is 0.373. The topological polar surface area (TPSA) is 18.5 Å². The van der Waals surface area contributed by atoms with Crippen molar-refractivity contribution in [1.82, 2.24) is 5.32 Å². The molecule has 5 heteroatoms. The van der Waals surface area contributed by atoms with Crippen LogP contribution >= 0.6 is 24.0 Å². The van der Waals surface area contributed by atoms with Crippen molar-refractivity contribution in [2.75, 3.05) is 49.6 Å². The van der Waals surface area contributed by atoms with Gasteiger partial charge in [-0.1, -0.05) is 11.6 Å². The van der Waals surface area contributed by atoms with Crippen LogP contribution in [0.4, 0.5) is 11.4 Å². The van der Waals surface area contributed by atoms with Gasteiger partial charge in [0, 0.05) is 31.7 Å². The van der Waals surface area contributed by atoms with E-state index >= 15 is 0 Å². The summed E-state index contributed by atoms with van der Waals surface area (Å²) in [5, 5.41) is 4.28. The molecular weight excluding hydrogens is 293 g/mol. The maximum absolute atomic E-state index is 6.18. The predicted octanol–water partition coefficient (Wildman–Crippen LogP) is 3.02. The zero-order chi connectivity index (χ0) is 13.2. The van der Waals surface area contributed by atoms with Crippen LogP contribution in [-0.4, -0.2) is 39.8 Å². The molecule has 1 aromatic rings. The first-order chi connectivity index (χ1) is 9.24. The Labute approximate surface area is 132 Å². The second kappa shape index (κ2) is 6.88. The van der Waals surface area contributed by atoms with Crippen molar-refractivity contribution in [3.63, 3.8) is 0 Å². The Morgan fingerprint density at radius 3 is 2.70 bits per heavy atom. The molecule has 20 heavy (non-hydrogen) atoms. The normalized spacial score (nSPS) is 19.5. The zero-order valence-electron chi connectivity index (χ0n) is 11.9. The van der Waals surface area contributed by atoms with Crippen molar-refractivity contribution in [2.45, 2.75) is 12.8 Å². The van der Waals surface area contributed by atoms with Gasteiger partial charge in [0.15, 0.2) is 0 Å². The molecule has 1 fully saturated rings. The maximum Gasteiger partial charge on any atom is 0.0619 e. The Bertz CT molecular complexity index is 447. The second-order valence-electron chi connectivity index (χ2n) is 5.69. The number of benzene rings is 1. The molecule has 0 saturated carbocycles. The maximum atomic E-state index is 6.18. The minimum absolute atomic E-state index is 0. The Morgan fingerprint density at radius 1 is 1.20 bits per heavy atom. The Balaban J connectivity index is 0.00000147. The smallest absolute Gasteiger partial charge is 0.0619 e. The quantitative estimate of drug-likeness (QED) is 0.905. The number of halogens is 2. The number of nitrogens with one attached hydrogen (secondary N) is 1. The number of anilines is 2. The van der Waals surface area contributed by atoms with Crippen molar-refractivity contribution in [3.8, 4) is 0 Å². The van der Waals surface area contributed by atoms with Crippen molar-refractivity contribution in [2.24, 2.45) is 5.92 Å². The minimum atomic E-state index is 0. The molecule has 3 nitrogen and oxygen atoms in total. The summed E-state index contributed by atoms with van der Waals surface area (Å²) >= 11 is 6.18. The molecule has 0 atom stereocenters. The first kappa shape index (κ1) is 15.7. The first-order valence-electron chi connectivity index (χ1n) is 7.20. The lowest BCUT2D eigenvalue weighted by Gasteiger charge is -2.39. The molecule has 2 aliphatic heterocycles. The van der Waals surface area contributed by atoms with E-state index in [9.17, 15) is 0 Å². The molecule has 0 aliphatic carbocycles. The molecule has 0 amide bonds. The van der Waals surface area contributed by atoms with E-state index in [0.29, 0.717) is 0 Å². The average Bonchev–Trinajstić information content (AvgIpc) is 2.43. The molecule has 0 radical (unpaired) electrons. The summed E-state index contributed by atoms with van der Waals surface area (Å²) in [7, 11) is 2.16. The number of rotatable bonds is 2. The molecule has 112 valence electrons. The van der Waals surface area contributed by atoms with Gasteiger partial charge < -0.3 is 15.1 Å². The highest BCUT2D eigenvalue weighted by atomic mass is 35.5. The third-order valence-electron chi connectivity index (χ3n) is 4.33. The molecule has 1 N–H and O–H groups in total. The number of likely N-dealkylation sites (N-methyl/N-ethyl adjacent to an activating group) is 1. The number of fused-ring (bicyclic) bond motifs is 1. The first-order valence-corrected chi connectivity index (χ1v) is 7.58. The lowest BCUT2D eigenvalue weighted by Crippen LogP contribution is -2.43. The van der Waals surface area contributed by atoms with Crippen molar-refractivity contribution >= 4 is 35.4 Å². The summed E-state index contributed by atoms with van der Waals surface area (Å²) in [6.45, 7) is 5.71. The van der Waals surface area contributed by atoms with Crippen LogP contribution < -0.4 is 15.1 Å². The van der Waals surface area contributed by atoms with Crippen LogP contribution in [-0.2, 0) is 0 Å². The molecule has 2 heterocycles. The van der Waals surface area contributed by atoms with E-state index in [1.807, 2.05) is 6.07 Å². The van der Waals surface area contributed by atoms with Crippen LogP contribution in [0.2, 0.25) is 5.02 Å². The van der Waals surface area contributed by atoms with Crippen molar-refractivity contribution in [3.05, 3.63) is 23.2 Å². The van der Waals surface area contributed by atoms with E-state index in [1.54, 1.807) is 0 Å². The standard InChI is InChI=1S/C15H22ClN3.ClH/c1-18-8-9-19(11-12-4-6-17-7-5-12)15-10-13(16)2-3-14(15)18;/h2-3,10,12,17H,4-9,11H2,1H3;1H. The van der Waals surface area contributed by atoms with Crippen LogP contribution in [0, 0.1) is 5.92 Å². The van der Waals surface area contributed by atoms with Gasteiger partial charge in [-0.15, -0.1) is 12.4 Å². The van der Waals surface area contributed by atoms with Crippen molar-refractivity contribution < 1.29 is 0 Å². The highest BCUT2D eigenvalue weighted by Gasteiger charge is 2.23. The van der Waals surface area contributed by atoms with Gasteiger partial charge in [-0.05, 0) is 50.0 Å². The fourth-order valence-electron chi connectivity index (χ4n) is 3.15. The van der Waals surface area contributed by atoms with E-state index < -0.39 is 0 Å². The van der Waals surface area contributed by atoms with Crippen LogP contribution in [0.5, 0.6) is 0 Å². The number of piperidine rings is 1. The summed E-state index contributed by atoms with van der Waals surface area (Å²) in [4.78, 5) is 4.85. The predicted molar refractivity (Wildman–Crippen MR) is 89.8 cm³/mol. The molecule has 1 aromatic carbocycles. The summed E-state index contributed by atoms with van der Waals surface area (Å²) in [6.07, 6.45) is 2.59. The van der Waals surface area contributed by atoms with Gasteiger partial charge in [0.1, 0.15) is 0 Å². The molecule has 0 unspecified atom stereocenters. The van der Waals surface area contributed by atoms with E-state index in [1.165, 1.54) is 43.9 Å². The van der Waals surface area contributed by atoms with Gasteiger partial charge in [-0.2, -0.15) is 0 Å². The Hall–Kier alpha value is -0.640. The summed E-state index contributed by atoms with van der Waals surface area (Å²) in [5.41, 5.74) is 2.62. The average molecular weight is 316 g/mol. The third-order valence-corrected chi connectivity index (χ3v) is 4.57. The van der Waals surface area contributed by atoms with Gasteiger partial charge in [0.25, 0.3) is 0 Å². The zero-order valence-corrected chi connectivity index (χ0v) is 13.5. The Morgan fingerprint density at radius 2 is 1.95 bits per heavy atom. The van der Waals surface area contributed by atoms with Crippen LogP contribution in [0.3, 0.4) is 0 Å². The summed E-state index contributed by atoms with van der Waals surface area (Å²) in [5.74, 6) is 0.816. The van der Waals surface area contributed by atoms with Crippen LogP contribution in [0.15, 0.2) is 18.2 Å². The number of hydrogen-bond donors (Lipinski definition) is 1. The van der Waals surface area contributed by atoms with Crippen LogP contribution in [0.25, 0.3) is 0 Å². The molecule has 2 aliphatic rings. The highest BCUT2D eigenvalue weighted by Crippen LogP contribution is 2.35. The summed E-state index contributed by atoms with van der Waals surface area (Å²) < 4.78 is 0. The van der Waals surface area contributed by atoms with Gasteiger partial charge in [0.2, 0.25) is 0 Å². The molecule has 0 spiro atoms. The number of hydrogen-bond acceptors (Lipinski definition) is 3. The monoisotopic (exact) mass is 315 g/mol. The summed E-state index contributed by atoms with van der Waals surface area (Å²) in [6, 6.07) is 6.25. The number of nitrogens with zero attached hydrogens (tertiary/aromatic N) is 2. The van der Waals surface area contributed by atoms with Gasteiger partial charge in [-0.3, -0.25) is 0 Å². The van der Waals surface area contributed by atoms with E-state index in [4.69, 9.17) is 11.6 Å². The van der Waals surface area contributed by atoms with Crippen molar-refractivity contribution in [1.29, 1.82) is 0 Å². The molecule has 3 rings (SSSR count). The van der Waals surface area contributed by atoms with Gasteiger partial charge in [0.05, 0.1) is 11.4 Å². The lowest BCUT2D eigenvalue weighted by atomic mass is 9.97. The SMILES string of the molecule is CN1CCN(CC2CCNCC2)c2cc(Cl)ccc21.Cl. The largest absolute Gasteiger partial charge is 0.371 e. The minimum Gasteiger partial charge on any atom is -0.371 e. The fourth-order valence-corrected chi connectivity index (χ4v) is 3.32. The van der Waals surface area contributed by atoms with E-state index in [-0.39, 0.29) is 12.4 Å². The fraction of sp³-hybridized carbons (Fsp3) is 0.600. The van der Waals surface area contributed by atoms with Gasteiger partial charge in [-0.25, -0.2) is 0 Å². The van der Waals surface area contributed by atoms with E-state index in [0.717, 1.165) is 24.0 Å². The van der Waals surface area contributed by atoms with E-state index in [2.05, 4.69) is 34.3 Å². The van der Waals surface area contributed by atoms with Crippen LogP contribution in [0.1, 0.15) is 12.8 Å².